The maximum Gasteiger partial charge on any atom is 0.244 e. The van der Waals surface area contributed by atoms with Gasteiger partial charge in [0.15, 0.2) is 0 Å². The first-order valence-electron chi connectivity index (χ1n) is 4.58. The molecule has 0 spiro atoms. The molecule has 0 saturated carbocycles. The monoisotopic (exact) mass is 320 g/mol. The number of hydrogen-bond acceptors (Lipinski definition) is 3. The lowest BCUT2D eigenvalue weighted by Gasteiger charge is -2.17. The minimum atomic E-state index is -4.05. The van der Waals surface area contributed by atoms with Crippen molar-refractivity contribution >= 4 is 26.0 Å². The number of benzene rings is 1. The molecule has 0 aliphatic rings. The van der Waals surface area contributed by atoms with Crippen molar-refractivity contribution in [3.8, 4) is 6.07 Å². The van der Waals surface area contributed by atoms with Crippen molar-refractivity contribution in [3.63, 3.8) is 0 Å². The van der Waals surface area contributed by atoms with Crippen LogP contribution in [0.4, 0.5) is 4.39 Å². The molecule has 0 aliphatic heterocycles. The summed E-state index contributed by atoms with van der Waals surface area (Å²) in [4.78, 5) is -0.482. The molecule has 1 rings (SSSR count). The first-order valence-corrected chi connectivity index (χ1v) is 6.86. The second-order valence-electron chi connectivity index (χ2n) is 3.92. The molecule has 0 fully saturated rings. The Morgan fingerprint density at radius 2 is 2.06 bits per heavy atom. The highest BCUT2D eigenvalue weighted by Gasteiger charge is 2.27. The fraction of sp³-hybridized carbons (Fsp3) is 0.300. The summed E-state index contributed by atoms with van der Waals surface area (Å²) in [6, 6.07) is 5.37. The molecule has 0 heterocycles. The molecule has 0 atom stereocenters. The highest BCUT2D eigenvalue weighted by Crippen LogP contribution is 2.20. The Labute approximate surface area is 108 Å². The van der Waals surface area contributed by atoms with Gasteiger partial charge in [-0.1, -0.05) is 15.9 Å². The summed E-state index contributed by atoms with van der Waals surface area (Å²) in [6.07, 6.45) is 0. The molecule has 0 radical (unpaired) electrons. The first-order chi connectivity index (χ1) is 7.68. The lowest BCUT2D eigenvalue weighted by Crippen LogP contribution is -2.42. The predicted molar refractivity (Wildman–Crippen MR) is 64.1 cm³/mol. The van der Waals surface area contributed by atoms with E-state index in [2.05, 4.69) is 20.7 Å². The van der Waals surface area contributed by atoms with Crippen LogP contribution in [0, 0.1) is 17.1 Å². The van der Waals surface area contributed by atoms with Crippen LogP contribution < -0.4 is 4.72 Å². The smallest absolute Gasteiger partial charge is 0.207 e. The summed E-state index contributed by atoms with van der Waals surface area (Å²) in [6.45, 7) is 2.78. The van der Waals surface area contributed by atoms with Gasteiger partial charge in [0.1, 0.15) is 16.3 Å². The highest BCUT2D eigenvalue weighted by atomic mass is 79.9. The van der Waals surface area contributed by atoms with E-state index in [4.69, 9.17) is 5.26 Å². The molecule has 4 nitrogen and oxygen atoms in total. The van der Waals surface area contributed by atoms with Crippen LogP contribution in [0.1, 0.15) is 13.8 Å². The van der Waals surface area contributed by atoms with Crippen molar-refractivity contribution in [2.24, 2.45) is 0 Å². The van der Waals surface area contributed by atoms with Crippen LogP contribution in [0.5, 0.6) is 0 Å². The van der Waals surface area contributed by atoms with E-state index >= 15 is 0 Å². The molecule has 17 heavy (non-hydrogen) atoms. The van der Waals surface area contributed by atoms with E-state index in [1.54, 1.807) is 6.07 Å². The second-order valence-corrected chi connectivity index (χ2v) is 6.48. The van der Waals surface area contributed by atoms with Gasteiger partial charge in [-0.25, -0.2) is 12.8 Å². The van der Waals surface area contributed by atoms with Crippen LogP contribution in [0.15, 0.2) is 27.6 Å². The Kier molecular flexibility index (Phi) is 3.91. The van der Waals surface area contributed by atoms with E-state index in [9.17, 15) is 12.8 Å². The number of nitrogens with one attached hydrogen (secondary N) is 1. The summed E-state index contributed by atoms with van der Waals surface area (Å²) < 4.78 is 39.7. The number of sulfonamides is 1. The molecule has 0 unspecified atom stereocenters. The van der Waals surface area contributed by atoms with Gasteiger partial charge in [-0.15, -0.1) is 0 Å². The molecule has 92 valence electrons. The van der Waals surface area contributed by atoms with Gasteiger partial charge < -0.3 is 0 Å². The van der Waals surface area contributed by atoms with Crippen molar-refractivity contribution < 1.29 is 12.8 Å². The van der Waals surface area contributed by atoms with Gasteiger partial charge in [-0.2, -0.15) is 9.98 Å². The zero-order valence-electron chi connectivity index (χ0n) is 9.16. The van der Waals surface area contributed by atoms with E-state index in [0.29, 0.717) is 4.47 Å². The van der Waals surface area contributed by atoms with Gasteiger partial charge in [0.05, 0.1) is 6.07 Å². The number of nitriles is 1. The van der Waals surface area contributed by atoms with Crippen LogP contribution in [0.3, 0.4) is 0 Å². The molecule has 0 aromatic heterocycles. The fourth-order valence-electron chi connectivity index (χ4n) is 1.11. The van der Waals surface area contributed by atoms with Gasteiger partial charge in [0.2, 0.25) is 10.0 Å². The molecule has 1 aromatic carbocycles. The molecular formula is C10H10BrFN2O2S. The Morgan fingerprint density at radius 3 is 2.53 bits per heavy atom. The molecule has 0 amide bonds. The zero-order valence-corrected chi connectivity index (χ0v) is 11.6. The van der Waals surface area contributed by atoms with E-state index < -0.39 is 26.3 Å². The molecular weight excluding hydrogens is 311 g/mol. The van der Waals surface area contributed by atoms with Crippen LogP contribution in [-0.2, 0) is 10.0 Å². The molecule has 1 aromatic rings. The van der Waals surface area contributed by atoms with Crippen molar-refractivity contribution in [1.82, 2.24) is 4.72 Å². The molecule has 0 saturated heterocycles. The zero-order chi connectivity index (χ0) is 13.3. The third-order valence-corrected chi connectivity index (χ3v) is 4.03. The number of rotatable bonds is 3. The molecule has 0 bridgehead atoms. The summed E-state index contributed by atoms with van der Waals surface area (Å²) >= 11 is 3.03. The van der Waals surface area contributed by atoms with Crippen LogP contribution in [0.25, 0.3) is 0 Å². The number of hydrogen-bond donors (Lipinski definition) is 1. The summed E-state index contributed by atoms with van der Waals surface area (Å²) in [5.74, 6) is -0.874. The third-order valence-electron chi connectivity index (χ3n) is 1.85. The standard InChI is InChI=1S/C10H10BrFN2O2S/c1-10(2,6-13)14-17(15,16)9-4-3-7(11)5-8(9)12/h3-5,14H,1-2H3. The minimum absolute atomic E-state index is 0.438. The quantitative estimate of drug-likeness (QED) is 0.927. The minimum Gasteiger partial charge on any atom is -0.207 e. The van der Waals surface area contributed by atoms with E-state index in [1.165, 1.54) is 19.9 Å². The average Bonchev–Trinajstić information content (AvgIpc) is 2.15. The summed E-state index contributed by atoms with van der Waals surface area (Å²) in [5, 5.41) is 8.74. The summed E-state index contributed by atoms with van der Waals surface area (Å²) in [5.41, 5.74) is -1.29. The van der Waals surface area contributed by atoms with Gasteiger partial charge >= 0.3 is 0 Å². The highest BCUT2D eigenvalue weighted by molar-refractivity contribution is 9.10. The van der Waals surface area contributed by atoms with Crippen LogP contribution in [0.2, 0.25) is 0 Å². The summed E-state index contributed by atoms with van der Waals surface area (Å²) in [7, 11) is -4.05. The van der Waals surface area contributed by atoms with Gasteiger partial charge in [0.25, 0.3) is 0 Å². The first kappa shape index (κ1) is 14.1. The van der Waals surface area contributed by atoms with Crippen LogP contribution >= 0.6 is 15.9 Å². The Morgan fingerprint density at radius 1 is 1.47 bits per heavy atom. The molecule has 1 N–H and O–H groups in total. The lowest BCUT2D eigenvalue weighted by atomic mass is 10.1. The average molecular weight is 321 g/mol. The van der Waals surface area contributed by atoms with Crippen molar-refractivity contribution in [1.29, 1.82) is 5.26 Å². The van der Waals surface area contributed by atoms with Crippen LogP contribution in [-0.4, -0.2) is 14.0 Å². The fourth-order valence-corrected chi connectivity index (χ4v) is 2.83. The van der Waals surface area contributed by atoms with E-state index in [-0.39, 0.29) is 0 Å². The largest absolute Gasteiger partial charge is 0.244 e. The number of nitrogens with zero attached hydrogens (tertiary/aromatic N) is 1. The van der Waals surface area contributed by atoms with Crippen molar-refractivity contribution in [3.05, 3.63) is 28.5 Å². The maximum atomic E-state index is 13.5. The maximum absolute atomic E-state index is 13.5. The molecule has 7 heteroatoms. The lowest BCUT2D eigenvalue weighted by molar-refractivity contribution is 0.524. The normalized spacial score (nSPS) is 12.2. The predicted octanol–water partition coefficient (Wildman–Crippen LogP) is 2.17. The Bertz CT molecular complexity index is 578. The second kappa shape index (κ2) is 4.72. The topological polar surface area (TPSA) is 70.0 Å². The van der Waals surface area contributed by atoms with Gasteiger partial charge in [0, 0.05) is 4.47 Å². The van der Waals surface area contributed by atoms with E-state index in [0.717, 1.165) is 12.1 Å². The van der Waals surface area contributed by atoms with Crippen molar-refractivity contribution in [2.75, 3.05) is 0 Å². The van der Waals surface area contributed by atoms with Gasteiger partial charge in [-0.05, 0) is 32.0 Å². The Hall–Kier alpha value is -0.970. The van der Waals surface area contributed by atoms with Gasteiger partial charge in [-0.3, -0.25) is 0 Å². The Balaban J connectivity index is 3.20. The molecule has 0 aliphatic carbocycles. The SMILES string of the molecule is CC(C)(C#N)NS(=O)(=O)c1ccc(Br)cc1F. The van der Waals surface area contributed by atoms with E-state index in [1.807, 2.05) is 0 Å². The van der Waals surface area contributed by atoms with Crippen molar-refractivity contribution in [2.45, 2.75) is 24.3 Å². The third kappa shape index (κ3) is 3.49. The number of halogens is 2.